The van der Waals surface area contributed by atoms with Gasteiger partial charge in [0.05, 0.1) is 0 Å². The molecule has 0 saturated heterocycles. The first-order valence-electron chi connectivity index (χ1n) is 5.38. The molecule has 76 valence electrons. The van der Waals surface area contributed by atoms with Crippen LogP contribution < -0.4 is 0 Å². The summed E-state index contributed by atoms with van der Waals surface area (Å²) < 4.78 is 0. The molecule has 2 unspecified atom stereocenters. The lowest BCUT2D eigenvalue weighted by Gasteiger charge is -2.51. The van der Waals surface area contributed by atoms with Gasteiger partial charge in [0, 0.05) is 6.42 Å². The van der Waals surface area contributed by atoms with Gasteiger partial charge in [-0.3, -0.25) is 0 Å². The third-order valence-electron chi connectivity index (χ3n) is 4.58. The molecule has 0 amide bonds. The topological polar surface area (TPSA) is 17.1 Å². The fraction of sp³-hybridized carbons (Fsp3) is 0.917. The fourth-order valence-corrected chi connectivity index (χ4v) is 2.77. The highest BCUT2D eigenvalue weighted by atomic mass is 16.1. The first-order valence-corrected chi connectivity index (χ1v) is 5.38. The molecule has 0 heterocycles. The highest BCUT2D eigenvalue weighted by molar-refractivity contribution is 5.51. The average Bonchev–Trinajstić information content (AvgIpc) is 2.01. The SMILES string of the molecule is CC1CCCC(C)(C)C1(C)CC=O. The zero-order valence-electron chi connectivity index (χ0n) is 9.39. The molecule has 0 aromatic heterocycles. The quantitative estimate of drug-likeness (QED) is 0.598. The summed E-state index contributed by atoms with van der Waals surface area (Å²) in [5.41, 5.74) is 0.540. The maximum Gasteiger partial charge on any atom is 0.120 e. The molecular weight excluding hydrogens is 160 g/mol. The second kappa shape index (κ2) is 3.43. The molecule has 13 heavy (non-hydrogen) atoms. The molecule has 1 heteroatoms. The monoisotopic (exact) mass is 182 g/mol. The number of carbonyl (C=O) groups is 1. The van der Waals surface area contributed by atoms with Crippen LogP contribution in [0.3, 0.4) is 0 Å². The van der Waals surface area contributed by atoms with E-state index < -0.39 is 0 Å². The van der Waals surface area contributed by atoms with E-state index >= 15 is 0 Å². The van der Waals surface area contributed by atoms with Crippen LogP contribution in [0.1, 0.15) is 53.4 Å². The van der Waals surface area contributed by atoms with E-state index in [1.807, 2.05) is 0 Å². The van der Waals surface area contributed by atoms with Gasteiger partial charge in [0.15, 0.2) is 0 Å². The predicted molar refractivity (Wildman–Crippen MR) is 55.6 cm³/mol. The summed E-state index contributed by atoms with van der Waals surface area (Å²) in [4.78, 5) is 10.7. The highest BCUT2D eigenvalue weighted by Crippen LogP contribution is 2.54. The Bertz CT molecular complexity index is 195. The van der Waals surface area contributed by atoms with Crippen LogP contribution in [0.15, 0.2) is 0 Å². The van der Waals surface area contributed by atoms with Crippen molar-refractivity contribution in [2.24, 2.45) is 16.7 Å². The lowest BCUT2D eigenvalue weighted by atomic mass is 9.53. The molecule has 1 aliphatic carbocycles. The highest BCUT2D eigenvalue weighted by Gasteiger charge is 2.46. The third kappa shape index (κ3) is 1.66. The maximum absolute atomic E-state index is 10.7. The van der Waals surface area contributed by atoms with Crippen molar-refractivity contribution in [3.8, 4) is 0 Å². The van der Waals surface area contributed by atoms with Crippen molar-refractivity contribution in [3.05, 3.63) is 0 Å². The summed E-state index contributed by atoms with van der Waals surface area (Å²) >= 11 is 0. The number of hydrogen-bond donors (Lipinski definition) is 0. The van der Waals surface area contributed by atoms with Crippen molar-refractivity contribution in [1.82, 2.24) is 0 Å². The minimum Gasteiger partial charge on any atom is -0.303 e. The molecule has 0 aromatic rings. The van der Waals surface area contributed by atoms with Crippen molar-refractivity contribution in [2.45, 2.75) is 53.4 Å². The van der Waals surface area contributed by atoms with Gasteiger partial charge in [0.25, 0.3) is 0 Å². The summed E-state index contributed by atoms with van der Waals surface area (Å²) in [6.07, 6.45) is 5.70. The molecule has 0 aliphatic heterocycles. The number of hydrogen-bond acceptors (Lipinski definition) is 1. The smallest absolute Gasteiger partial charge is 0.120 e. The van der Waals surface area contributed by atoms with Gasteiger partial charge >= 0.3 is 0 Å². The van der Waals surface area contributed by atoms with E-state index in [4.69, 9.17) is 0 Å². The van der Waals surface area contributed by atoms with E-state index in [2.05, 4.69) is 27.7 Å². The number of rotatable bonds is 2. The van der Waals surface area contributed by atoms with Crippen LogP contribution in [0.2, 0.25) is 0 Å². The zero-order chi connectivity index (χ0) is 10.1. The maximum atomic E-state index is 10.7. The van der Waals surface area contributed by atoms with Crippen molar-refractivity contribution in [2.75, 3.05) is 0 Å². The Morgan fingerprint density at radius 1 is 1.38 bits per heavy atom. The third-order valence-corrected chi connectivity index (χ3v) is 4.58. The average molecular weight is 182 g/mol. The van der Waals surface area contributed by atoms with Crippen molar-refractivity contribution in [3.63, 3.8) is 0 Å². The van der Waals surface area contributed by atoms with Crippen LogP contribution >= 0.6 is 0 Å². The number of carbonyl (C=O) groups excluding carboxylic acids is 1. The van der Waals surface area contributed by atoms with Gasteiger partial charge < -0.3 is 4.79 Å². The molecule has 1 nitrogen and oxygen atoms in total. The second-order valence-corrected chi connectivity index (χ2v) is 5.47. The van der Waals surface area contributed by atoms with Gasteiger partial charge in [-0.25, -0.2) is 0 Å². The van der Waals surface area contributed by atoms with Crippen molar-refractivity contribution < 1.29 is 4.79 Å². The largest absolute Gasteiger partial charge is 0.303 e. The summed E-state index contributed by atoms with van der Waals surface area (Å²) in [7, 11) is 0. The summed E-state index contributed by atoms with van der Waals surface area (Å²) in [6.45, 7) is 9.20. The fourth-order valence-electron chi connectivity index (χ4n) is 2.77. The molecule has 0 aromatic carbocycles. The van der Waals surface area contributed by atoms with E-state index in [1.165, 1.54) is 19.3 Å². The predicted octanol–water partition coefficient (Wildman–Crippen LogP) is 3.43. The van der Waals surface area contributed by atoms with Crippen LogP contribution in [-0.2, 0) is 4.79 Å². The Morgan fingerprint density at radius 2 is 2.00 bits per heavy atom. The minimum atomic E-state index is 0.215. The molecule has 0 spiro atoms. The summed E-state index contributed by atoms with van der Waals surface area (Å²) in [5.74, 6) is 0.682. The second-order valence-electron chi connectivity index (χ2n) is 5.47. The van der Waals surface area contributed by atoms with E-state index in [0.29, 0.717) is 11.3 Å². The van der Waals surface area contributed by atoms with Crippen molar-refractivity contribution >= 4 is 6.29 Å². The summed E-state index contributed by atoms with van der Waals surface area (Å²) in [6, 6.07) is 0. The molecular formula is C12H22O. The van der Waals surface area contributed by atoms with Gasteiger partial charge in [-0.05, 0) is 23.2 Å². The van der Waals surface area contributed by atoms with Gasteiger partial charge in [0.1, 0.15) is 6.29 Å². The molecule has 1 fully saturated rings. The van der Waals surface area contributed by atoms with E-state index in [1.54, 1.807) is 0 Å². The van der Waals surface area contributed by atoms with Crippen LogP contribution in [0.4, 0.5) is 0 Å². The van der Waals surface area contributed by atoms with Crippen molar-refractivity contribution in [1.29, 1.82) is 0 Å². The first kappa shape index (κ1) is 10.7. The standard InChI is InChI=1S/C12H22O/c1-10-6-5-7-11(2,3)12(10,4)8-9-13/h9-10H,5-8H2,1-4H3. The molecule has 0 radical (unpaired) electrons. The first-order chi connectivity index (χ1) is 5.94. The lowest BCUT2D eigenvalue weighted by Crippen LogP contribution is -2.44. The van der Waals surface area contributed by atoms with E-state index in [0.717, 1.165) is 12.7 Å². The van der Waals surface area contributed by atoms with Gasteiger partial charge in [-0.1, -0.05) is 40.5 Å². The molecule has 2 atom stereocenters. The van der Waals surface area contributed by atoms with E-state index in [9.17, 15) is 4.79 Å². The molecule has 1 aliphatic rings. The summed E-state index contributed by atoms with van der Waals surface area (Å²) in [5, 5.41) is 0. The number of aldehydes is 1. The van der Waals surface area contributed by atoms with Crippen LogP contribution in [0, 0.1) is 16.7 Å². The Kier molecular flexibility index (Phi) is 2.84. The molecule has 1 rings (SSSR count). The van der Waals surface area contributed by atoms with Gasteiger partial charge in [-0.2, -0.15) is 0 Å². The Balaban J connectivity index is 2.90. The van der Waals surface area contributed by atoms with E-state index in [-0.39, 0.29) is 5.41 Å². The van der Waals surface area contributed by atoms with Gasteiger partial charge in [0.2, 0.25) is 0 Å². The molecule has 0 bridgehead atoms. The van der Waals surface area contributed by atoms with Gasteiger partial charge in [-0.15, -0.1) is 0 Å². The molecule has 1 saturated carbocycles. The Labute approximate surface area is 81.9 Å². The van der Waals surface area contributed by atoms with Crippen LogP contribution in [-0.4, -0.2) is 6.29 Å². The van der Waals surface area contributed by atoms with Crippen LogP contribution in [0.5, 0.6) is 0 Å². The molecule has 0 N–H and O–H groups in total. The van der Waals surface area contributed by atoms with Crippen LogP contribution in [0.25, 0.3) is 0 Å². The lowest BCUT2D eigenvalue weighted by molar-refractivity contribution is -0.115. The normalized spacial score (nSPS) is 38.6. The zero-order valence-corrected chi connectivity index (χ0v) is 9.39. The Morgan fingerprint density at radius 3 is 2.46 bits per heavy atom. The Hall–Kier alpha value is -0.330. The minimum absolute atomic E-state index is 0.215.